The van der Waals surface area contributed by atoms with E-state index in [-0.39, 0.29) is 0 Å². The van der Waals surface area contributed by atoms with Gasteiger partial charge in [0.1, 0.15) is 17.3 Å². The lowest BCUT2D eigenvalue weighted by molar-refractivity contribution is -0.348. The molecule has 6 nitrogen and oxygen atoms in total. The fourth-order valence-corrected chi connectivity index (χ4v) is 3.18. The summed E-state index contributed by atoms with van der Waals surface area (Å²) in [6.45, 7) is 4.98. The van der Waals surface area contributed by atoms with Crippen molar-refractivity contribution in [2.75, 3.05) is 6.61 Å². The maximum Gasteiger partial charge on any atom is 0.207 e. The highest BCUT2D eigenvalue weighted by Crippen LogP contribution is 2.74. The Morgan fingerprint density at radius 2 is 1.47 bits per heavy atom. The van der Waals surface area contributed by atoms with Crippen LogP contribution in [-0.4, -0.2) is 60.8 Å². The zero-order chi connectivity index (χ0) is 13.5. The lowest BCUT2D eigenvalue weighted by atomic mass is 9.72. The summed E-state index contributed by atoms with van der Waals surface area (Å²) >= 11 is 0. The smallest absolute Gasteiger partial charge is 0.207 e. The molecule has 0 amide bonds. The Labute approximate surface area is 99.5 Å². The van der Waals surface area contributed by atoms with E-state index < -0.39 is 40.7 Å². The van der Waals surface area contributed by atoms with Gasteiger partial charge in [-0.1, -0.05) is 13.8 Å². The molecule has 2 aliphatic rings. The van der Waals surface area contributed by atoms with E-state index in [0.29, 0.717) is 0 Å². The van der Waals surface area contributed by atoms with Gasteiger partial charge in [0.2, 0.25) is 5.79 Å². The minimum Gasteiger partial charge on any atom is -0.394 e. The van der Waals surface area contributed by atoms with Crippen molar-refractivity contribution in [2.45, 2.75) is 56.4 Å². The summed E-state index contributed by atoms with van der Waals surface area (Å²) in [7, 11) is 0. The molecule has 0 bridgehead atoms. The lowest BCUT2D eigenvalue weighted by Crippen LogP contribution is -2.72. The molecule has 1 saturated heterocycles. The van der Waals surface area contributed by atoms with Gasteiger partial charge in [0.05, 0.1) is 12.0 Å². The molecule has 100 valence electrons. The highest BCUT2D eigenvalue weighted by molar-refractivity contribution is 5.39. The van der Waals surface area contributed by atoms with E-state index in [0.717, 1.165) is 0 Å². The number of hydrogen-bond donors (Lipinski definition) is 5. The van der Waals surface area contributed by atoms with Crippen LogP contribution < -0.4 is 0 Å². The predicted molar refractivity (Wildman–Crippen MR) is 56.9 cm³/mol. The largest absolute Gasteiger partial charge is 0.394 e. The molecule has 1 heterocycles. The van der Waals surface area contributed by atoms with Crippen LogP contribution in [-0.2, 0) is 4.74 Å². The molecule has 2 fully saturated rings. The third-order valence-corrected chi connectivity index (χ3v) is 4.98. The van der Waals surface area contributed by atoms with E-state index in [1.807, 2.05) is 0 Å². The predicted octanol–water partition coefficient (Wildman–Crippen LogP) is -1.66. The normalized spacial score (nSPS) is 60.9. The van der Waals surface area contributed by atoms with Crippen molar-refractivity contribution in [3.8, 4) is 0 Å². The molecule has 5 N–H and O–H groups in total. The Bertz CT molecular complexity index is 363. The van der Waals surface area contributed by atoms with Gasteiger partial charge in [-0.2, -0.15) is 0 Å². The van der Waals surface area contributed by atoms with Crippen LogP contribution in [0.3, 0.4) is 0 Å². The molecule has 6 heteroatoms. The second-order valence-electron chi connectivity index (χ2n) is 5.99. The van der Waals surface area contributed by atoms with Crippen molar-refractivity contribution in [1.82, 2.24) is 0 Å². The topological polar surface area (TPSA) is 110 Å². The minimum atomic E-state index is -2.01. The molecule has 17 heavy (non-hydrogen) atoms. The molecule has 5 atom stereocenters. The Morgan fingerprint density at radius 3 is 1.88 bits per heavy atom. The monoisotopic (exact) mass is 248 g/mol. The molecular weight excluding hydrogens is 228 g/mol. The number of fused-ring (bicyclic) bond motifs is 1. The summed E-state index contributed by atoms with van der Waals surface area (Å²) in [5.41, 5.74) is -7.01. The van der Waals surface area contributed by atoms with Crippen LogP contribution in [0.2, 0.25) is 0 Å². The maximum absolute atomic E-state index is 10.4. The zero-order valence-corrected chi connectivity index (χ0v) is 10.4. The Balaban J connectivity index is 2.57. The van der Waals surface area contributed by atoms with Crippen LogP contribution in [0, 0.1) is 5.41 Å². The van der Waals surface area contributed by atoms with Gasteiger partial charge in [0.15, 0.2) is 5.60 Å². The van der Waals surface area contributed by atoms with Gasteiger partial charge in [0, 0.05) is 0 Å². The summed E-state index contributed by atoms with van der Waals surface area (Å²) in [5, 5.41) is 50.6. The quantitative estimate of drug-likeness (QED) is 0.380. The van der Waals surface area contributed by atoms with Gasteiger partial charge in [0.25, 0.3) is 0 Å². The van der Waals surface area contributed by atoms with Gasteiger partial charge < -0.3 is 30.3 Å². The first-order valence-corrected chi connectivity index (χ1v) is 5.60. The third kappa shape index (κ3) is 0.960. The van der Waals surface area contributed by atoms with E-state index in [2.05, 4.69) is 0 Å². The van der Waals surface area contributed by atoms with Gasteiger partial charge >= 0.3 is 0 Å². The van der Waals surface area contributed by atoms with Crippen LogP contribution in [0.5, 0.6) is 0 Å². The van der Waals surface area contributed by atoms with Crippen LogP contribution in [0.1, 0.15) is 27.7 Å². The van der Waals surface area contributed by atoms with Gasteiger partial charge in [-0.05, 0) is 13.8 Å². The molecule has 2 rings (SSSR count). The van der Waals surface area contributed by atoms with Crippen molar-refractivity contribution in [1.29, 1.82) is 0 Å². The molecule has 1 aliphatic carbocycles. The summed E-state index contributed by atoms with van der Waals surface area (Å²) in [6, 6.07) is 0. The molecule has 0 aromatic rings. The van der Waals surface area contributed by atoms with Crippen LogP contribution in [0.15, 0.2) is 0 Å². The number of ether oxygens (including phenoxy) is 1. The fourth-order valence-electron chi connectivity index (χ4n) is 3.18. The highest BCUT2D eigenvalue weighted by atomic mass is 16.7. The van der Waals surface area contributed by atoms with Crippen LogP contribution in [0.4, 0.5) is 0 Å². The van der Waals surface area contributed by atoms with Crippen molar-refractivity contribution in [2.24, 2.45) is 5.41 Å². The summed E-state index contributed by atoms with van der Waals surface area (Å²) in [6.07, 6.45) is -1.18. The first-order chi connectivity index (χ1) is 7.42. The van der Waals surface area contributed by atoms with Crippen LogP contribution in [0.25, 0.3) is 0 Å². The average molecular weight is 248 g/mol. The second kappa shape index (κ2) is 2.84. The molecule has 1 saturated carbocycles. The lowest BCUT2D eigenvalue weighted by Gasteiger charge is -2.50. The first-order valence-electron chi connectivity index (χ1n) is 5.60. The van der Waals surface area contributed by atoms with E-state index in [9.17, 15) is 25.5 Å². The van der Waals surface area contributed by atoms with E-state index in [1.165, 1.54) is 27.7 Å². The van der Waals surface area contributed by atoms with Crippen molar-refractivity contribution in [3.63, 3.8) is 0 Å². The van der Waals surface area contributed by atoms with Crippen LogP contribution >= 0.6 is 0 Å². The Kier molecular flexibility index (Phi) is 2.21. The van der Waals surface area contributed by atoms with E-state index in [1.54, 1.807) is 0 Å². The van der Waals surface area contributed by atoms with Gasteiger partial charge in [-0.25, -0.2) is 0 Å². The Hall–Kier alpha value is -0.240. The number of aliphatic hydroxyl groups excluding tert-OH is 1. The first kappa shape index (κ1) is 13.2. The van der Waals surface area contributed by atoms with E-state index in [4.69, 9.17) is 4.74 Å². The molecule has 0 aromatic carbocycles. The minimum absolute atomic E-state index is 0.572. The number of aliphatic hydroxyl groups is 5. The fraction of sp³-hybridized carbons (Fsp3) is 1.00. The molecule has 0 radical (unpaired) electrons. The van der Waals surface area contributed by atoms with E-state index >= 15 is 0 Å². The van der Waals surface area contributed by atoms with Crippen molar-refractivity contribution < 1.29 is 30.3 Å². The highest BCUT2D eigenvalue weighted by Gasteiger charge is 2.95. The molecular formula is C11H20O6. The van der Waals surface area contributed by atoms with Gasteiger partial charge in [-0.15, -0.1) is 0 Å². The molecule has 0 aromatic heterocycles. The maximum atomic E-state index is 10.4. The molecule has 1 aliphatic heterocycles. The standard InChI is InChI=1S/C11H20O6/c1-7(2)10(15)9(4,14)8(3,13)6(5-12)17-11(7,10)16/h6,12-16H,5H2,1-4H3/t6-,8-,9+,10-,11+/m1/s1. The molecule has 0 spiro atoms. The average Bonchev–Trinajstić information content (AvgIpc) is 2.55. The molecule has 0 unspecified atom stereocenters. The summed E-state index contributed by atoms with van der Waals surface area (Å²) in [4.78, 5) is 0. The van der Waals surface area contributed by atoms with Crippen molar-refractivity contribution in [3.05, 3.63) is 0 Å². The number of hydrogen-bond acceptors (Lipinski definition) is 6. The second-order valence-corrected chi connectivity index (χ2v) is 5.99. The SMILES string of the molecule is CC1(C)[C@@]2(O)[C@@](C)(O)[C@](C)(O)[C@@H](CO)O[C@@]12O. The Morgan fingerprint density at radius 1 is 1.00 bits per heavy atom. The third-order valence-electron chi connectivity index (χ3n) is 4.98. The zero-order valence-electron chi connectivity index (χ0n) is 10.4. The van der Waals surface area contributed by atoms with Crippen molar-refractivity contribution >= 4 is 0 Å². The summed E-state index contributed by atoms with van der Waals surface area (Å²) < 4.78 is 5.21. The summed E-state index contributed by atoms with van der Waals surface area (Å²) in [5.74, 6) is -1.97. The number of rotatable bonds is 1. The van der Waals surface area contributed by atoms with Gasteiger partial charge in [-0.3, -0.25) is 0 Å².